The first-order chi connectivity index (χ1) is 18.0. The van der Waals surface area contributed by atoms with Crippen molar-refractivity contribution in [3.63, 3.8) is 0 Å². The zero-order chi connectivity index (χ0) is 27.6. The Kier molecular flexibility index (Phi) is 8.27. The van der Waals surface area contributed by atoms with Gasteiger partial charge in [-0.15, -0.1) is 0 Å². The molecule has 0 aliphatic carbocycles. The fraction of sp³-hybridized carbons (Fsp3) is 0.393. The summed E-state index contributed by atoms with van der Waals surface area (Å²) in [6.45, 7) is 6.09. The Balaban J connectivity index is 1.37. The zero-order valence-electron chi connectivity index (χ0n) is 22.5. The van der Waals surface area contributed by atoms with Crippen molar-refractivity contribution in [2.45, 2.75) is 44.5 Å². The van der Waals surface area contributed by atoms with Crippen LogP contribution < -0.4 is 4.74 Å². The van der Waals surface area contributed by atoms with E-state index < -0.39 is 10.0 Å². The number of likely N-dealkylation sites (tertiary alicyclic amines) is 1. The molecule has 38 heavy (non-hydrogen) atoms. The van der Waals surface area contributed by atoms with Crippen molar-refractivity contribution < 1.29 is 27.5 Å². The van der Waals surface area contributed by atoms with Gasteiger partial charge in [-0.05, 0) is 54.3 Å². The second kappa shape index (κ2) is 11.3. The first-order valence-electron chi connectivity index (χ1n) is 12.4. The van der Waals surface area contributed by atoms with Crippen LogP contribution in [-0.2, 0) is 29.7 Å². The van der Waals surface area contributed by atoms with E-state index in [-0.39, 0.29) is 23.5 Å². The van der Waals surface area contributed by atoms with Crippen molar-refractivity contribution in [3.05, 3.63) is 82.3 Å². The van der Waals surface area contributed by atoms with Crippen LogP contribution in [0.3, 0.4) is 0 Å². The highest BCUT2D eigenvalue weighted by molar-refractivity contribution is 7.89. The fourth-order valence-corrected chi connectivity index (χ4v) is 6.26. The lowest BCUT2D eigenvalue weighted by Gasteiger charge is -2.35. The number of hydrogen-bond donors (Lipinski definition) is 1. The van der Waals surface area contributed by atoms with Crippen LogP contribution in [0, 0.1) is 13.8 Å². The highest BCUT2D eigenvalue weighted by Gasteiger charge is 2.27. The van der Waals surface area contributed by atoms with Crippen LogP contribution >= 0.6 is 0 Å². The highest BCUT2D eigenvalue weighted by Crippen LogP contribution is 2.28. The van der Waals surface area contributed by atoms with Crippen molar-refractivity contribution in [3.8, 4) is 5.75 Å². The Morgan fingerprint density at radius 1 is 1.05 bits per heavy atom. The van der Waals surface area contributed by atoms with E-state index in [0.717, 1.165) is 17.7 Å². The molecule has 0 unspecified atom stereocenters. The van der Waals surface area contributed by atoms with Crippen LogP contribution in [0.1, 0.15) is 38.4 Å². The molecule has 1 fully saturated rings. The normalized spacial score (nSPS) is 14.5. The number of β-amino-alcohol motifs (C(OH)–C–C–N with tert-alkyl or cyclic N) is 1. The summed E-state index contributed by atoms with van der Waals surface area (Å²) in [6, 6.07) is 13.0. The van der Waals surface area contributed by atoms with Gasteiger partial charge in [-0.3, -0.25) is 9.69 Å². The molecule has 1 N–H and O–H groups in total. The number of aryl methyl sites for hydroxylation is 2. The molecule has 0 atom stereocenters. The van der Waals surface area contributed by atoms with Crippen molar-refractivity contribution in [2.24, 2.45) is 0 Å². The molecule has 10 heteroatoms. The average Bonchev–Trinajstić information content (AvgIpc) is 3.31. The molecule has 0 saturated carbocycles. The number of carbonyl (C=O) groups is 1. The van der Waals surface area contributed by atoms with Gasteiger partial charge < -0.3 is 19.2 Å². The van der Waals surface area contributed by atoms with Gasteiger partial charge >= 0.3 is 0 Å². The highest BCUT2D eigenvalue weighted by atomic mass is 32.2. The molecule has 1 amide bonds. The smallest absolute Gasteiger partial charge is 0.257 e. The number of methoxy groups -OCH3 is 1. The summed E-state index contributed by atoms with van der Waals surface area (Å²) in [4.78, 5) is 17.0. The fourth-order valence-electron chi connectivity index (χ4n) is 4.72. The summed E-state index contributed by atoms with van der Waals surface area (Å²) in [5, 5.41) is 9.43. The number of nitrogens with zero attached hydrogens (tertiary/aromatic N) is 3. The molecule has 3 aromatic rings. The molecular formula is C28H35N3O6S. The summed E-state index contributed by atoms with van der Waals surface area (Å²) < 4.78 is 38.6. The monoisotopic (exact) mass is 541 g/mol. The van der Waals surface area contributed by atoms with Gasteiger partial charge in [0.05, 0.1) is 30.2 Å². The largest absolute Gasteiger partial charge is 0.497 e. The number of rotatable bonds is 10. The van der Waals surface area contributed by atoms with Gasteiger partial charge in [0.1, 0.15) is 17.8 Å². The second-order valence-corrected chi connectivity index (χ2v) is 12.0. The van der Waals surface area contributed by atoms with E-state index in [1.54, 1.807) is 51.1 Å². The van der Waals surface area contributed by atoms with Gasteiger partial charge in [0.25, 0.3) is 5.91 Å². The minimum absolute atomic E-state index is 0.0141. The van der Waals surface area contributed by atoms with E-state index in [1.165, 1.54) is 17.6 Å². The second-order valence-electron chi connectivity index (χ2n) is 9.98. The van der Waals surface area contributed by atoms with Crippen LogP contribution in [0.4, 0.5) is 0 Å². The van der Waals surface area contributed by atoms with E-state index in [0.29, 0.717) is 47.8 Å². The third kappa shape index (κ3) is 6.10. The first kappa shape index (κ1) is 27.8. The number of ether oxygens (including phenoxy) is 1. The minimum Gasteiger partial charge on any atom is -0.497 e. The predicted molar refractivity (Wildman–Crippen MR) is 143 cm³/mol. The van der Waals surface area contributed by atoms with E-state index in [1.807, 2.05) is 24.3 Å². The van der Waals surface area contributed by atoms with Gasteiger partial charge in [0.2, 0.25) is 10.0 Å². The molecule has 204 valence electrons. The SMILES string of the molecule is COc1cc(C)c(S(=O)(=O)N(C)Cc2cc(C(=O)N(C)Cc3ccc(CN4CC(O)C4)cc3)co2)c(C)c1. The molecule has 0 spiro atoms. The van der Waals surface area contributed by atoms with E-state index >= 15 is 0 Å². The molecule has 2 heterocycles. The summed E-state index contributed by atoms with van der Waals surface area (Å²) in [7, 11) is 0.952. The number of aliphatic hydroxyl groups is 1. The summed E-state index contributed by atoms with van der Waals surface area (Å²) >= 11 is 0. The molecule has 0 bridgehead atoms. The zero-order valence-corrected chi connectivity index (χ0v) is 23.3. The summed E-state index contributed by atoms with van der Waals surface area (Å²) in [6.07, 6.45) is 1.15. The Labute approximate surface area is 224 Å². The van der Waals surface area contributed by atoms with E-state index in [9.17, 15) is 18.3 Å². The van der Waals surface area contributed by atoms with Crippen LogP contribution in [0.5, 0.6) is 5.75 Å². The number of benzene rings is 2. The number of amides is 1. The lowest BCUT2D eigenvalue weighted by atomic mass is 10.1. The summed E-state index contributed by atoms with van der Waals surface area (Å²) in [5.74, 6) is 0.756. The first-order valence-corrected chi connectivity index (χ1v) is 13.8. The number of sulfonamides is 1. The average molecular weight is 542 g/mol. The minimum atomic E-state index is -3.80. The summed E-state index contributed by atoms with van der Waals surface area (Å²) in [5.41, 5.74) is 3.70. The van der Waals surface area contributed by atoms with E-state index in [2.05, 4.69) is 4.90 Å². The Bertz CT molecular complexity index is 1370. The third-order valence-electron chi connectivity index (χ3n) is 6.75. The van der Waals surface area contributed by atoms with Gasteiger partial charge in [-0.2, -0.15) is 4.31 Å². The molecule has 2 aromatic carbocycles. The standard InChI is InChI=1S/C28H35N3O6S/c1-19-10-25(36-5)11-20(2)27(19)38(34,35)30(4)17-26-12-23(18-37-26)28(33)29(3)13-21-6-8-22(9-7-21)14-31-15-24(32)16-31/h6-12,18,24,32H,13-17H2,1-5H3. The van der Waals surface area contributed by atoms with Crippen molar-refractivity contribution in [1.29, 1.82) is 0 Å². The Morgan fingerprint density at radius 3 is 2.24 bits per heavy atom. The van der Waals surface area contributed by atoms with Crippen molar-refractivity contribution in [2.75, 3.05) is 34.3 Å². The van der Waals surface area contributed by atoms with Crippen molar-refractivity contribution in [1.82, 2.24) is 14.1 Å². The van der Waals surface area contributed by atoms with Gasteiger partial charge in [0, 0.05) is 40.3 Å². The van der Waals surface area contributed by atoms with Crippen LogP contribution in [0.2, 0.25) is 0 Å². The molecule has 1 aromatic heterocycles. The van der Waals surface area contributed by atoms with Gasteiger partial charge in [-0.1, -0.05) is 24.3 Å². The molecule has 1 saturated heterocycles. The van der Waals surface area contributed by atoms with Gasteiger partial charge in [-0.25, -0.2) is 8.42 Å². The number of hydrogen-bond acceptors (Lipinski definition) is 7. The molecule has 0 radical (unpaired) electrons. The third-order valence-corrected chi connectivity index (χ3v) is 8.86. The lowest BCUT2D eigenvalue weighted by molar-refractivity contribution is -0.00286. The van der Waals surface area contributed by atoms with Gasteiger partial charge in [0.15, 0.2) is 0 Å². The molecule has 9 nitrogen and oxygen atoms in total. The number of furan rings is 1. The van der Waals surface area contributed by atoms with E-state index in [4.69, 9.17) is 9.15 Å². The molecule has 4 rings (SSSR count). The maximum Gasteiger partial charge on any atom is 0.257 e. The Morgan fingerprint density at radius 2 is 1.66 bits per heavy atom. The maximum atomic E-state index is 13.3. The molecular weight excluding hydrogens is 506 g/mol. The van der Waals surface area contributed by atoms with Crippen LogP contribution in [-0.4, -0.2) is 73.9 Å². The lowest BCUT2D eigenvalue weighted by Crippen LogP contribution is -2.49. The Hall–Kier alpha value is -3.18. The van der Waals surface area contributed by atoms with Crippen LogP contribution in [0.25, 0.3) is 0 Å². The van der Waals surface area contributed by atoms with Crippen LogP contribution in [0.15, 0.2) is 58.0 Å². The van der Waals surface area contributed by atoms with Crippen molar-refractivity contribution >= 4 is 15.9 Å². The topological polar surface area (TPSA) is 104 Å². The number of aliphatic hydroxyl groups excluding tert-OH is 1. The molecule has 1 aliphatic rings. The molecule has 1 aliphatic heterocycles. The maximum absolute atomic E-state index is 13.3. The quantitative estimate of drug-likeness (QED) is 0.421. The predicted octanol–water partition coefficient (Wildman–Crippen LogP) is 3.17. The number of carbonyl (C=O) groups excluding carboxylic acids is 1.